The van der Waals surface area contributed by atoms with E-state index < -0.39 is 0 Å². The monoisotopic (exact) mass is 306 g/mol. The summed E-state index contributed by atoms with van der Waals surface area (Å²) in [5, 5.41) is 5.31. The average Bonchev–Trinajstić information content (AvgIpc) is 3.18. The SMILES string of the molecule is O=c1ccnc2sc(N3CCC(C4CCCO4)CC3)nn12. The van der Waals surface area contributed by atoms with Crippen molar-refractivity contribution >= 4 is 21.4 Å². The first-order chi connectivity index (χ1) is 10.3. The molecule has 2 aromatic heterocycles. The van der Waals surface area contributed by atoms with E-state index in [-0.39, 0.29) is 5.56 Å². The second kappa shape index (κ2) is 5.38. The van der Waals surface area contributed by atoms with Gasteiger partial charge in [-0.1, -0.05) is 11.3 Å². The minimum absolute atomic E-state index is 0.114. The second-order valence-electron chi connectivity index (χ2n) is 5.74. The van der Waals surface area contributed by atoms with Gasteiger partial charge in [-0.2, -0.15) is 4.52 Å². The second-order valence-corrected chi connectivity index (χ2v) is 6.67. The highest BCUT2D eigenvalue weighted by Gasteiger charge is 2.30. The number of fused-ring (bicyclic) bond motifs is 1. The minimum Gasteiger partial charge on any atom is -0.378 e. The lowest BCUT2D eigenvalue weighted by molar-refractivity contribution is 0.0531. The number of hydrogen-bond acceptors (Lipinski definition) is 6. The number of piperidine rings is 1. The predicted octanol–water partition coefficient (Wildman–Crippen LogP) is 1.55. The molecule has 0 aromatic carbocycles. The summed E-state index contributed by atoms with van der Waals surface area (Å²) in [5.74, 6) is 0.680. The fourth-order valence-electron chi connectivity index (χ4n) is 3.30. The van der Waals surface area contributed by atoms with Gasteiger partial charge in [0.25, 0.3) is 5.56 Å². The molecule has 4 rings (SSSR count). The van der Waals surface area contributed by atoms with Crippen LogP contribution in [0.15, 0.2) is 17.1 Å². The van der Waals surface area contributed by atoms with Crippen LogP contribution < -0.4 is 10.5 Å². The van der Waals surface area contributed by atoms with Gasteiger partial charge in [-0.3, -0.25) is 4.79 Å². The summed E-state index contributed by atoms with van der Waals surface area (Å²) in [4.78, 5) is 18.9. The zero-order chi connectivity index (χ0) is 14.2. The van der Waals surface area contributed by atoms with E-state index in [1.165, 1.54) is 34.8 Å². The van der Waals surface area contributed by atoms with Crippen molar-refractivity contribution in [2.24, 2.45) is 5.92 Å². The minimum atomic E-state index is -0.114. The summed E-state index contributed by atoms with van der Waals surface area (Å²) in [5.41, 5.74) is -0.114. The van der Waals surface area contributed by atoms with E-state index in [1.807, 2.05) is 0 Å². The molecule has 2 aliphatic heterocycles. The van der Waals surface area contributed by atoms with Crippen molar-refractivity contribution < 1.29 is 4.74 Å². The lowest BCUT2D eigenvalue weighted by Gasteiger charge is -2.33. The molecular formula is C14H18N4O2S. The Bertz CT molecular complexity index is 684. The summed E-state index contributed by atoms with van der Waals surface area (Å²) < 4.78 is 7.21. The van der Waals surface area contributed by atoms with Gasteiger partial charge in [0, 0.05) is 32.0 Å². The van der Waals surface area contributed by atoms with Crippen LogP contribution >= 0.6 is 11.3 Å². The molecule has 0 saturated carbocycles. The quantitative estimate of drug-likeness (QED) is 0.842. The van der Waals surface area contributed by atoms with E-state index in [2.05, 4.69) is 15.0 Å². The largest absolute Gasteiger partial charge is 0.378 e. The molecular weight excluding hydrogens is 288 g/mol. The number of rotatable bonds is 2. The van der Waals surface area contributed by atoms with Crippen molar-refractivity contribution in [3.8, 4) is 0 Å². The van der Waals surface area contributed by atoms with Crippen LogP contribution in [0.1, 0.15) is 25.7 Å². The first-order valence-electron chi connectivity index (χ1n) is 7.53. The molecule has 0 amide bonds. The third kappa shape index (κ3) is 2.44. The summed E-state index contributed by atoms with van der Waals surface area (Å²) in [6.07, 6.45) is 6.71. The number of aromatic nitrogens is 3. The van der Waals surface area contributed by atoms with Crippen LogP contribution in [-0.4, -0.2) is 40.4 Å². The highest BCUT2D eigenvalue weighted by Crippen LogP contribution is 2.31. The van der Waals surface area contributed by atoms with Gasteiger partial charge in [-0.15, -0.1) is 5.10 Å². The van der Waals surface area contributed by atoms with Crippen molar-refractivity contribution in [1.29, 1.82) is 0 Å². The maximum Gasteiger partial charge on any atom is 0.275 e. The smallest absolute Gasteiger partial charge is 0.275 e. The summed E-state index contributed by atoms with van der Waals surface area (Å²) in [7, 11) is 0. The summed E-state index contributed by atoms with van der Waals surface area (Å²) in [6.45, 7) is 2.90. The highest BCUT2D eigenvalue weighted by atomic mass is 32.1. The van der Waals surface area contributed by atoms with E-state index in [0.29, 0.717) is 17.0 Å². The molecule has 0 spiro atoms. The molecule has 2 fully saturated rings. The molecule has 4 heterocycles. The molecule has 0 radical (unpaired) electrons. The van der Waals surface area contributed by atoms with Crippen LogP contribution in [0.25, 0.3) is 4.96 Å². The molecule has 21 heavy (non-hydrogen) atoms. The molecule has 0 N–H and O–H groups in total. The Morgan fingerprint density at radius 3 is 2.86 bits per heavy atom. The Balaban J connectivity index is 1.49. The fraction of sp³-hybridized carbons (Fsp3) is 0.643. The van der Waals surface area contributed by atoms with Gasteiger partial charge < -0.3 is 9.64 Å². The van der Waals surface area contributed by atoms with Gasteiger partial charge in [0.15, 0.2) is 0 Å². The Hall–Kier alpha value is -1.47. The van der Waals surface area contributed by atoms with Gasteiger partial charge in [-0.25, -0.2) is 4.98 Å². The van der Waals surface area contributed by atoms with Crippen LogP contribution in [0.3, 0.4) is 0 Å². The molecule has 1 atom stereocenters. The average molecular weight is 306 g/mol. The van der Waals surface area contributed by atoms with E-state index >= 15 is 0 Å². The first-order valence-corrected chi connectivity index (χ1v) is 8.34. The lowest BCUT2D eigenvalue weighted by atomic mass is 9.90. The Morgan fingerprint density at radius 1 is 1.29 bits per heavy atom. The van der Waals surface area contributed by atoms with E-state index in [0.717, 1.165) is 37.7 Å². The van der Waals surface area contributed by atoms with Crippen molar-refractivity contribution in [2.75, 3.05) is 24.6 Å². The molecule has 7 heteroatoms. The molecule has 2 aliphatic rings. The lowest BCUT2D eigenvalue weighted by Crippen LogP contribution is -2.37. The van der Waals surface area contributed by atoms with E-state index in [1.54, 1.807) is 6.20 Å². The Morgan fingerprint density at radius 2 is 2.14 bits per heavy atom. The van der Waals surface area contributed by atoms with Crippen molar-refractivity contribution in [3.63, 3.8) is 0 Å². The van der Waals surface area contributed by atoms with Crippen molar-refractivity contribution in [2.45, 2.75) is 31.8 Å². The van der Waals surface area contributed by atoms with Crippen LogP contribution in [-0.2, 0) is 4.74 Å². The fourth-order valence-corrected chi connectivity index (χ4v) is 4.23. The Labute approximate surface area is 126 Å². The third-order valence-electron chi connectivity index (χ3n) is 4.46. The van der Waals surface area contributed by atoms with E-state index in [9.17, 15) is 4.79 Å². The van der Waals surface area contributed by atoms with E-state index in [4.69, 9.17) is 4.74 Å². The van der Waals surface area contributed by atoms with Gasteiger partial charge in [-0.05, 0) is 31.6 Å². The van der Waals surface area contributed by atoms with Crippen molar-refractivity contribution in [1.82, 2.24) is 14.6 Å². The molecule has 112 valence electrons. The van der Waals surface area contributed by atoms with Crippen LogP contribution in [0.4, 0.5) is 5.13 Å². The van der Waals surface area contributed by atoms with Gasteiger partial charge in [0.05, 0.1) is 6.10 Å². The third-order valence-corrected chi connectivity index (χ3v) is 5.44. The molecule has 0 aliphatic carbocycles. The van der Waals surface area contributed by atoms with Crippen LogP contribution in [0.5, 0.6) is 0 Å². The highest BCUT2D eigenvalue weighted by molar-refractivity contribution is 7.20. The molecule has 0 bridgehead atoms. The van der Waals surface area contributed by atoms with Gasteiger partial charge >= 0.3 is 0 Å². The number of hydrogen-bond donors (Lipinski definition) is 0. The molecule has 2 saturated heterocycles. The molecule has 6 nitrogen and oxygen atoms in total. The number of anilines is 1. The Kier molecular flexibility index (Phi) is 3.39. The van der Waals surface area contributed by atoms with Crippen LogP contribution in [0.2, 0.25) is 0 Å². The van der Waals surface area contributed by atoms with Gasteiger partial charge in [0.1, 0.15) is 0 Å². The van der Waals surface area contributed by atoms with Crippen LogP contribution in [0, 0.1) is 5.92 Å². The molecule has 1 unspecified atom stereocenters. The zero-order valence-corrected chi connectivity index (χ0v) is 12.6. The topological polar surface area (TPSA) is 59.7 Å². The maximum atomic E-state index is 11.7. The maximum absolute atomic E-state index is 11.7. The van der Waals surface area contributed by atoms with Gasteiger partial charge in [0.2, 0.25) is 10.1 Å². The summed E-state index contributed by atoms with van der Waals surface area (Å²) >= 11 is 1.49. The predicted molar refractivity (Wildman–Crippen MR) is 81.0 cm³/mol. The standard InChI is InChI=1S/C14H18N4O2S/c19-12-3-6-15-13-18(12)16-14(21-13)17-7-4-10(5-8-17)11-2-1-9-20-11/h3,6,10-11H,1-2,4-5,7-9H2. The normalized spacial score (nSPS) is 24.0. The molecule has 2 aromatic rings. The zero-order valence-electron chi connectivity index (χ0n) is 11.8. The summed E-state index contributed by atoms with van der Waals surface area (Å²) in [6, 6.07) is 1.44. The first kappa shape index (κ1) is 13.2. The number of nitrogens with zero attached hydrogens (tertiary/aromatic N) is 4. The van der Waals surface area contributed by atoms with Crippen molar-refractivity contribution in [3.05, 3.63) is 22.6 Å². The number of ether oxygens (including phenoxy) is 1.